The smallest absolute Gasteiger partial charge is 0.410 e. The van der Waals surface area contributed by atoms with E-state index in [0.29, 0.717) is 19.4 Å². The number of ether oxygens (including phenoxy) is 1. The van der Waals surface area contributed by atoms with Crippen LogP contribution in [0.2, 0.25) is 0 Å². The van der Waals surface area contributed by atoms with Gasteiger partial charge in [-0.15, -0.1) is 0 Å². The first-order valence-electron chi connectivity index (χ1n) is 5.41. The number of likely N-dealkylation sites (tertiary alicyclic amines) is 1. The van der Waals surface area contributed by atoms with Crippen molar-refractivity contribution in [2.75, 3.05) is 13.1 Å². The molecule has 0 radical (unpaired) electrons. The number of piperidine rings is 1. The van der Waals surface area contributed by atoms with Gasteiger partial charge in [0.1, 0.15) is 5.60 Å². The summed E-state index contributed by atoms with van der Waals surface area (Å²) in [6.07, 6.45) is 0.732. The van der Waals surface area contributed by atoms with Crippen LogP contribution in [0.25, 0.3) is 0 Å². The summed E-state index contributed by atoms with van der Waals surface area (Å²) in [4.78, 5) is 23.4. The number of nitrogens with zero attached hydrogens (tertiary/aromatic N) is 2. The van der Waals surface area contributed by atoms with Crippen molar-refractivity contribution >= 4 is 6.09 Å². The summed E-state index contributed by atoms with van der Waals surface area (Å²) in [6, 6.07) is -0.652. The molecule has 1 amide bonds. The number of carbonyl (C=O) groups is 1. The molecule has 0 aromatic heterocycles. The van der Waals surface area contributed by atoms with Gasteiger partial charge in [-0.2, -0.15) is 0 Å². The summed E-state index contributed by atoms with van der Waals surface area (Å²) in [5.74, 6) is 0. The topological polar surface area (TPSA) is 72.7 Å². The molecule has 1 fully saturated rings. The normalized spacial score (nSPS) is 21.7. The number of rotatable bonds is 1. The van der Waals surface area contributed by atoms with E-state index >= 15 is 0 Å². The first-order chi connectivity index (χ1) is 7.29. The van der Waals surface area contributed by atoms with E-state index in [1.54, 1.807) is 20.8 Å². The standard InChI is InChI=1S/C10H18N2O4/c1-10(2,3)16-9(13)11-6-4-5-8(7-11)12(14)15/h8H,4-7H2,1-3H3/t8-/m0/s1. The average molecular weight is 230 g/mol. The SMILES string of the molecule is CC(C)(C)OC(=O)N1CCC[C@H]([N+](=O)[O-])C1. The van der Waals surface area contributed by atoms with E-state index in [-0.39, 0.29) is 11.5 Å². The van der Waals surface area contributed by atoms with Crippen LogP contribution in [0.4, 0.5) is 4.79 Å². The predicted molar refractivity (Wildman–Crippen MR) is 57.8 cm³/mol. The number of nitro groups is 1. The molecule has 0 aliphatic carbocycles. The van der Waals surface area contributed by atoms with Crippen molar-refractivity contribution in [3.05, 3.63) is 10.1 Å². The maximum Gasteiger partial charge on any atom is 0.410 e. The fourth-order valence-electron chi connectivity index (χ4n) is 1.62. The predicted octanol–water partition coefficient (Wildman–Crippen LogP) is 1.66. The van der Waals surface area contributed by atoms with Crippen LogP contribution in [0.3, 0.4) is 0 Å². The van der Waals surface area contributed by atoms with Crippen LogP contribution >= 0.6 is 0 Å². The van der Waals surface area contributed by atoms with Crippen LogP contribution < -0.4 is 0 Å². The van der Waals surface area contributed by atoms with Crippen molar-refractivity contribution < 1.29 is 14.5 Å². The van der Waals surface area contributed by atoms with Gasteiger partial charge >= 0.3 is 6.09 Å². The Morgan fingerprint density at radius 3 is 2.62 bits per heavy atom. The van der Waals surface area contributed by atoms with Crippen LogP contribution in [0, 0.1) is 10.1 Å². The van der Waals surface area contributed by atoms with Crippen LogP contribution in [0.1, 0.15) is 33.6 Å². The second-order valence-corrected chi connectivity index (χ2v) is 5.01. The molecule has 92 valence electrons. The molecule has 0 N–H and O–H groups in total. The maximum atomic E-state index is 11.7. The molecule has 1 heterocycles. The number of amides is 1. The van der Waals surface area contributed by atoms with Crippen LogP contribution in [-0.2, 0) is 4.74 Å². The minimum absolute atomic E-state index is 0.155. The Labute approximate surface area is 94.7 Å². The van der Waals surface area contributed by atoms with E-state index < -0.39 is 17.7 Å². The lowest BCUT2D eigenvalue weighted by Gasteiger charge is -2.30. The summed E-state index contributed by atoms with van der Waals surface area (Å²) in [5, 5.41) is 10.6. The average Bonchev–Trinajstić information content (AvgIpc) is 2.15. The Kier molecular flexibility index (Phi) is 3.72. The third-order valence-corrected chi connectivity index (χ3v) is 2.35. The fourth-order valence-corrected chi connectivity index (χ4v) is 1.62. The zero-order valence-corrected chi connectivity index (χ0v) is 9.93. The van der Waals surface area contributed by atoms with Crippen molar-refractivity contribution in [3.63, 3.8) is 0 Å². The molecular weight excluding hydrogens is 212 g/mol. The molecule has 16 heavy (non-hydrogen) atoms. The number of hydrogen-bond donors (Lipinski definition) is 0. The zero-order valence-electron chi connectivity index (χ0n) is 9.93. The highest BCUT2D eigenvalue weighted by Gasteiger charge is 2.32. The summed E-state index contributed by atoms with van der Waals surface area (Å²) in [7, 11) is 0. The third kappa shape index (κ3) is 3.67. The Morgan fingerprint density at radius 1 is 1.50 bits per heavy atom. The quantitative estimate of drug-likeness (QED) is 0.507. The second kappa shape index (κ2) is 4.67. The minimum Gasteiger partial charge on any atom is -0.444 e. The Bertz CT molecular complexity index is 285. The van der Waals surface area contributed by atoms with E-state index in [1.807, 2.05) is 0 Å². The van der Waals surface area contributed by atoms with Crippen molar-refractivity contribution in [1.82, 2.24) is 4.90 Å². The molecular formula is C10H18N2O4. The van der Waals surface area contributed by atoms with Gasteiger partial charge in [0.25, 0.3) is 0 Å². The van der Waals surface area contributed by atoms with E-state index in [1.165, 1.54) is 4.90 Å². The summed E-state index contributed by atoms with van der Waals surface area (Å²) in [6.45, 7) is 6.03. The highest BCUT2D eigenvalue weighted by atomic mass is 16.6. The summed E-state index contributed by atoms with van der Waals surface area (Å²) in [5.41, 5.74) is -0.557. The molecule has 0 aromatic rings. The molecule has 1 atom stereocenters. The molecule has 0 spiro atoms. The van der Waals surface area contributed by atoms with Gasteiger partial charge in [0.2, 0.25) is 6.04 Å². The lowest BCUT2D eigenvalue weighted by atomic mass is 10.1. The van der Waals surface area contributed by atoms with Gasteiger partial charge in [0.05, 0.1) is 6.54 Å². The van der Waals surface area contributed by atoms with Crippen molar-refractivity contribution in [3.8, 4) is 0 Å². The van der Waals surface area contributed by atoms with Crippen molar-refractivity contribution in [2.24, 2.45) is 0 Å². The number of hydrogen-bond acceptors (Lipinski definition) is 4. The van der Waals surface area contributed by atoms with E-state index in [9.17, 15) is 14.9 Å². The van der Waals surface area contributed by atoms with Gasteiger partial charge in [-0.3, -0.25) is 10.1 Å². The van der Waals surface area contributed by atoms with Crippen LogP contribution in [0.5, 0.6) is 0 Å². The van der Waals surface area contributed by atoms with Gasteiger partial charge in [-0.1, -0.05) is 0 Å². The van der Waals surface area contributed by atoms with Gasteiger partial charge < -0.3 is 9.64 Å². The molecule has 0 saturated carbocycles. The molecule has 0 unspecified atom stereocenters. The lowest BCUT2D eigenvalue weighted by Crippen LogP contribution is -2.46. The Morgan fingerprint density at radius 2 is 2.12 bits per heavy atom. The van der Waals surface area contributed by atoms with E-state index in [0.717, 1.165) is 0 Å². The van der Waals surface area contributed by atoms with E-state index in [4.69, 9.17) is 4.74 Å². The lowest BCUT2D eigenvalue weighted by molar-refractivity contribution is -0.525. The monoisotopic (exact) mass is 230 g/mol. The van der Waals surface area contributed by atoms with Gasteiger partial charge in [0.15, 0.2) is 0 Å². The Hall–Kier alpha value is -1.33. The molecule has 1 aliphatic heterocycles. The summed E-state index contributed by atoms with van der Waals surface area (Å²) < 4.78 is 5.17. The largest absolute Gasteiger partial charge is 0.444 e. The molecule has 1 rings (SSSR count). The molecule has 6 nitrogen and oxygen atoms in total. The molecule has 0 aromatic carbocycles. The van der Waals surface area contributed by atoms with Gasteiger partial charge in [0, 0.05) is 17.9 Å². The van der Waals surface area contributed by atoms with Crippen molar-refractivity contribution in [1.29, 1.82) is 0 Å². The number of carbonyl (C=O) groups excluding carboxylic acids is 1. The third-order valence-electron chi connectivity index (χ3n) is 2.35. The van der Waals surface area contributed by atoms with Crippen LogP contribution in [0.15, 0.2) is 0 Å². The fraction of sp³-hybridized carbons (Fsp3) is 0.900. The van der Waals surface area contributed by atoms with Gasteiger partial charge in [-0.25, -0.2) is 4.79 Å². The highest BCUT2D eigenvalue weighted by Crippen LogP contribution is 2.16. The zero-order chi connectivity index (χ0) is 12.3. The van der Waals surface area contributed by atoms with Gasteiger partial charge in [-0.05, 0) is 27.2 Å². The second-order valence-electron chi connectivity index (χ2n) is 5.01. The molecule has 6 heteroatoms. The van der Waals surface area contributed by atoms with Crippen molar-refractivity contribution in [2.45, 2.75) is 45.3 Å². The first-order valence-corrected chi connectivity index (χ1v) is 5.41. The molecule has 0 bridgehead atoms. The summed E-state index contributed by atoms with van der Waals surface area (Å²) >= 11 is 0. The van der Waals surface area contributed by atoms with Crippen LogP contribution in [-0.4, -0.2) is 40.6 Å². The molecule has 1 aliphatic rings. The Balaban J connectivity index is 2.54. The van der Waals surface area contributed by atoms with E-state index in [2.05, 4.69) is 0 Å². The minimum atomic E-state index is -0.652. The maximum absolute atomic E-state index is 11.7. The first kappa shape index (κ1) is 12.7. The highest BCUT2D eigenvalue weighted by molar-refractivity contribution is 5.68. The molecule has 1 saturated heterocycles.